The number of aromatic nitrogens is 2. The van der Waals surface area contributed by atoms with Gasteiger partial charge in [0.15, 0.2) is 0 Å². The number of aromatic amines is 1. The van der Waals surface area contributed by atoms with E-state index < -0.39 is 10.5 Å². The Labute approximate surface area is 133 Å². The smallest absolute Gasteiger partial charge is 0.281 e. The maximum absolute atomic E-state index is 12.1. The number of halogens is 2. The van der Waals surface area contributed by atoms with Gasteiger partial charge in [0.05, 0.1) is 25.9 Å². The van der Waals surface area contributed by atoms with Crippen molar-refractivity contribution >= 4 is 39.8 Å². The average molecular weight is 336 g/mol. The topological polar surface area (TPSA) is 88.9 Å². The first-order valence-electron chi connectivity index (χ1n) is 6.11. The van der Waals surface area contributed by atoms with Gasteiger partial charge < -0.3 is 4.98 Å². The van der Waals surface area contributed by atoms with Crippen molar-refractivity contribution < 1.29 is 4.92 Å². The molecule has 0 aliphatic heterocycles. The van der Waals surface area contributed by atoms with Crippen LogP contribution in [0, 0.1) is 10.1 Å². The molecule has 110 valence electrons. The Balaban J connectivity index is 2.39. The van der Waals surface area contributed by atoms with Crippen LogP contribution in [0.1, 0.15) is 0 Å². The zero-order valence-corrected chi connectivity index (χ0v) is 12.4. The van der Waals surface area contributed by atoms with Crippen molar-refractivity contribution in [3.05, 3.63) is 66.9 Å². The molecule has 0 amide bonds. The second-order valence-electron chi connectivity index (χ2n) is 4.44. The Bertz CT molecular complexity index is 969. The molecule has 6 nitrogen and oxygen atoms in total. The fourth-order valence-corrected chi connectivity index (χ4v) is 2.53. The van der Waals surface area contributed by atoms with Gasteiger partial charge >= 0.3 is 0 Å². The first kappa shape index (κ1) is 14.5. The number of rotatable bonds is 2. The number of nitrogens with one attached hydrogen (secondary N) is 1. The SMILES string of the molecule is O=c1[nH]c(-c2c([N+](=O)[O-])ccc(Cl)c2Cl)nc2ccccc12. The monoisotopic (exact) mass is 335 g/mol. The number of hydrogen-bond acceptors (Lipinski definition) is 4. The molecule has 0 saturated heterocycles. The van der Waals surface area contributed by atoms with Crippen molar-refractivity contribution in [3.8, 4) is 11.4 Å². The van der Waals surface area contributed by atoms with E-state index in [1.165, 1.54) is 12.1 Å². The lowest BCUT2D eigenvalue weighted by Gasteiger charge is -2.07. The molecule has 3 rings (SSSR count). The van der Waals surface area contributed by atoms with Crippen molar-refractivity contribution in [2.75, 3.05) is 0 Å². The van der Waals surface area contributed by atoms with E-state index in [4.69, 9.17) is 23.2 Å². The summed E-state index contributed by atoms with van der Waals surface area (Å²) in [7, 11) is 0. The van der Waals surface area contributed by atoms with Crippen LogP contribution < -0.4 is 5.56 Å². The van der Waals surface area contributed by atoms with Gasteiger partial charge in [0.25, 0.3) is 11.2 Å². The number of H-pyrrole nitrogens is 1. The summed E-state index contributed by atoms with van der Waals surface area (Å²) in [5.41, 5.74) is -0.299. The van der Waals surface area contributed by atoms with Gasteiger partial charge in [-0.3, -0.25) is 14.9 Å². The van der Waals surface area contributed by atoms with Crippen molar-refractivity contribution in [2.45, 2.75) is 0 Å². The molecule has 0 radical (unpaired) electrons. The largest absolute Gasteiger partial charge is 0.306 e. The minimum atomic E-state index is -0.604. The Hall–Kier alpha value is -2.44. The first-order chi connectivity index (χ1) is 10.5. The number of fused-ring (bicyclic) bond motifs is 1. The predicted octanol–water partition coefficient (Wildman–Crippen LogP) is 3.81. The van der Waals surface area contributed by atoms with Crippen LogP contribution in [0.3, 0.4) is 0 Å². The normalized spacial score (nSPS) is 10.8. The number of para-hydroxylation sites is 1. The van der Waals surface area contributed by atoms with Gasteiger partial charge in [-0.1, -0.05) is 35.3 Å². The number of hydrogen-bond donors (Lipinski definition) is 1. The van der Waals surface area contributed by atoms with Crippen LogP contribution in [0.2, 0.25) is 10.0 Å². The number of nitro benzene ring substituents is 1. The minimum Gasteiger partial charge on any atom is -0.306 e. The van der Waals surface area contributed by atoms with E-state index in [0.717, 1.165) is 0 Å². The van der Waals surface area contributed by atoms with Gasteiger partial charge in [0.1, 0.15) is 11.4 Å². The fourth-order valence-electron chi connectivity index (χ4n) is 2.12. The minimum absolute atomic E-state index is 0.00269. The standard InChI is InChI=1S/C14H7Cl2N3O3/c15-8-5-6-10(19(21)22)11(12(8)16)13-17-9-4-2-1-3-7(9)14(20)18-13/h1-6H,(H,17,18,20). The summed E-state index contributed by atoms with van der Waals surface area (Å²) < 4.78 is 0. The van der Waals surface area contributed by atoms with Gasteiger partial charge in [-0.2, -0.15) is 0 Å². The lowest BCUT2D eigenvalue weighted by molar-refractivity contribution is -0.384. The molecule has 2 aromatic carbocycles. The Morgan fingerprint density at radius 1 is 1.14 bits per heavy atom. The zero-order valence-electron chi connectivity index (χ0n) is 10.8. The average Bonchev–Trinajstić information content (AvgIpc) is 2.49. The first-order valence-corrected chi connectivity index (χ1v) is 6.86. The van der Waals surface area contributed by atoms with E-state index in [-0.39, 0.29) is 27.1 Å². The summed E-state index contributed by atoms with van der Waals surface area (Å²) in [5, 5.41) is 11.7. The Kier molecular flexibility index (Phi) is 3.56. The highest BCUT2D eigenvalue weighted by Gasteiger charge is 2.23. The number of nitrogens with zero attached hydrogens (tertiary/aromatic N) is 2. The zero-order chi connectivity index (χ0) is 15.9. The van der Waals surface area contributed by atoms with Crippen molar-refractivity contribution in [3.63, 3.8) is 0 Å². The summed E-state index contributed by atoms with van der Waals surface area (Å²) in [6.45, 7) is 0. The van der Waals surface area contributed by atoms with E-state index in [9.17, 15) is 14.9 Å². The van der Waals surface area contributed by atoms with Crippen LogP contribution in [0.15, 0.2) is 41.2 Å². The molecule has 3 aromatic rings. The van der Waals surface area contributed by atoms with Crippen molar-refractivity contribution in [1.29, 1.82) is 0 Å². The van der Waals surface area contributed by atoms with E-state index in [1.807, 2.05) is 0 Å². The van der Waals surface area contributed by atoms with Crippen LogP contribution in [-0.2, 0) is 0 Å². The van der Waals surface area contributed by atoms with E-state index in [0.29, 0.717) is 10.9 Å². The van der Waals surface area contributed by atoms with Gasteiger partial charge in [-0.15, -0.1) is 0 Å². The highest BCUT2D eigenvalue weighted by atomic mass is 35.5. The molecule has 0 atom stereocenters. The molecule has 1 aromatic heterocycles. The summed E-state index contributed by atoms with van der Waals surface area (Å²) >= 11 is 12.0. The van der Waals surface area contributed by atoms with Crippen LogP contribution in [0.5, 0.6) is 0 Å². The highest BCUT2D eigenvalue weighted by Crippen LogP contribution is 2.38. The van der Waals surface area contributed by atoms with Gasteiger partial charge in [-0.05, 0) is 18.2 Å². The molecule has 8 heteroatoms. The molecule has 0 bridgehead atoms. The van der Waals surface area contributed by atoms with Crippen molar-refractivity contribution in [1.82, 2.24) is 9.97 Å². The third kappa shape index (κ3) is 2.32. The van der Waals surface area contributed by atoms with Crippen LogP contribution in [0.25, 0.3) is 22.3 Å². The van der Waals surface area contributed by atoms with E-state index >= 15 is 0 Å². The van der Waals surface area contributed by atoms with Crippen LogP contribution >= 0.6 is 23.2 Å². The molecule has 0 unspecified atom stereocenters. The summed E-state index contributed by atoms with van der Waals surface area (Å²) in [6, 6.07) is 9.21. The molecule has 1 heterocycles. The Morgan fingerprint density at radius 3 is 2.59 bits per heavy atom. The maximum atomic E-state index is 12.1. The molecule has 0 aliphatic rings. The molecule has 1 N–H and O–H groups in total. The van der Waals surface area contributed by atoms with E-state index in [1.54, 1.807) is 24.3 Å². The molecular weight excluding hydrogens is 329 g/mol. The van der Waals surface area contributed by atoms with Gasteiger partial charge in [0, 0.05) is 6.07 Å². The fraction of sp³-hybridized carbons (Fsp3) is 0. The molecule has 0 saturated carbocycles. The third-order valence-electron chi connectivity index (χ3n) is 3.12. The lowest BCUT2D eigenvalue weighted by Crippen LogP contribution is -2.10. The maximum Gasteiger partial charge on any atom is 0.281 e. The van der Waals surface area contributed by atoms with Crippen LogP contribution in [0.4, 0.5) is 5.69 Å². The second-order valence-corrected chi connectivity index (χ2v) is 5.23. The number of benzene rings is 2. The Morgan fingerprint density at radius 2 is 1.86 bits per heavy atom. The molecular formula is C14H7Cl2N3O3. The predicted molar refractivity (Wildman–Crippen MR) is 84.5 cm³/mol. The van der Waals surface area contributed by atoms with E-state index in [2.05, 4.69) is 9.97 Å². The summed E-state index contributed by atoms with van der Waals surface area (Å²) in [6.07, 6.45) is 0. The quantitative estimate of drug-likeness (QED) is 0.569. The van der Waals surface area contributed by atoms with Gasteiger partial charge in [0.2, 0.25) is 0 Å². The summed E-state index contributed by atoms with van der Waals surface area (Å²) in [4.78, 5) is 29.5. The molecule has 0 fully saturated rings. The molecule has 22 heavy (non-hydrogen) atoms. The summed E-state index contributed by atoms with van der Waals surface area (Å²) in [5.74, 6) is 0.00269. The molecule has 0 aliphatic carbocycles. The second kappa shape index (κ2) is 5.40. The molecule has 0 spiro atoms. The third-order valence-corrected chi connectivity index (χ3v) is 3.92. The van der Waals surface area contributed by atoms with Gasteiger partial charge in [-0.25, -0.2) is 4.98 Å². The number of nitro groups is 1. The highest BCUT2D eigenvalue weighted by molar-refractivity contribution is 6.44. The lowest BCUT2D eigenvalue weighted by atomic mass is 10.1. The van der Waals surface area contributed by atoms with Crippen molar-refractivity contribution in [2.24, 2.45) is 0 Å². The van der Waals surface area contributed by atoms with Crippen LogP contribution in [-0.4, -0.2) is 14.9 Å².